The summed E-state index contributed by atoms with van der Waals surface area (Å²) in [5.41, 5.74) is 6.64. The summed E-state index contributed by atoms with van der Waals surface area (Å²) >= 11 is 0. The van der Waals surface area contributed by atoms with Gasteiger partial charge in [-0.15, -0.1) is 0 Å². The monoisotopic (exact) mass is 205 g/mol. The number of carboxylic acids is 1. The second-order valence-corrected chi connectivity index (χ2v) is 4.30. The molecular formula is C12H15NO2. The van der Waals surface area contributed by atoms with Gasteiger partial charge in [0.15, 0.2) is 0 Å². The lowest BCUT2D eigenvalue weighted by Crippen LogP contribution is -2.47. The van der Waals surface area contributed by atoms with E-state index in [1.807, 2.05) is 24.3 Å². The van der Waals surface area contributed by atoms with Gasteiger partial charge in [-0.25, -0.2) is 4.79 Å². The minimum absolute atomic E-state index is 0.400. The fourth-order valence-electron chi connectivity index (χ4n) is 2.29. The number of carbonyl (C=O) groups is 1. The SMILES string of the molecule is CC1CCC(N)(C(=O)O)c2ccccc21. The van der Waals surface area contributed by atoms with E-state index in [1.54, 1.807) is 0 Å². The van der Waals surface area contributed by atoms with Crippen LogP contribution in [0.2, 0.25) is 0 Å². The van der Waals surface area contributed by atoms with Crippen molar-refractivity contribution in [1.29, 1.82) is 0 Å². The van der Waals surface area contributed by atoms with Crippen LogP contribution in [0, 0.1) is 0 Å². The van der Waals surface area contributed by atoms with Crippen LogP contribution < -0.4 is 5.73 Å². The summed E-state index contributed by atoms with van der Waals surface area (Å²) < 4.78 is 0. The molecule has 15 heavy (non-hydrogen) atoms. The van der Waals surface area contributed by atoms with Gasteiger partial charge < -0.3 is 10.8 Å². The summed E-state index contributed by atoms with van der Waals surface area (Å²) in [6.45, 7) is 2.11. The van der Waals surface area contributed by atoms with Crippen LogP contribution in [0.15, 0.2) is 24.3 Å². The highest BCUT2D eigenvalue weighted by Crippen LogP contribution is 2.39. The molecule has 0 aliphatic heterocycles. The Labute approximate surface area is 88.9 Å². The maximum atomic E-state index is 11.2. The smallest absolute Gasteiger partial charge is 0.328 e. The molecular weight excluding hydrogens is 190 g/mol. The first-order valence-electron chi connectivity index (χ1n) is 5.17. The molecule has 0 heterocycles. The van der Waals surface area contributed by atoms with E-state index >= 15 is 0 Å². The molecule has 3 heteroatoms. The van der Waals surface area contributed by atoms with Gasteiger partial charge >= 0.3 is 5.97 Å². The molecule has 2 atom stereocenters. The molecule has 0 spiro atoms. The van der Waals surface area contributed by atoms with Crippen molar-refractivity contribution in [3.05, 3.63) is 35.4 Å². The lowest BCUT2D eigenvalue weighted by Gasteiger charge is -2.34. The molecule has 0 amide bonds. The van der Waals surface area contributed by atoms with Crippen molar-refractivity contribution in [3.8, 4) is 0 Å². The molecule has 80 valence electrons. The maximum Gasteiger partial charge on any atom is 0.328 e. The van der Waals surface area contributed by atoms with Gasteiger partial charge in [0.25, 0.3) is 0 Å². The lowest BCUT2D eigenvalue weighted by molar-refractivity contribution is -0.144. The Morgan fingerprint density at radius 1 is 1.53 bits per heavy atom. The topological polar surface area (TPSA) is 63.3 Å². The highest BCUT2D eigenvalue weighted by molar-refractivity contribution is 5.81. The third-order valence-electron chi connectivity index (χ3n) is 3.33. The van der Waals surface area contributed by atoms with Crippen molar-refractivity contribution in [3.63, 3.8) is 0 Å². The molecule has 1 aromatic rings. The van der Waals surface area contributed by atoms with Gasteiger partial charge in [0, 0.05) is 0 Å². The van der Waals surface area contributed by atoms with Gasteiger partial charge in [0.2, 0.25) is 0 Å². The van der Waals surface area contributed by atoms with Crippen LogP contribution in [-0.2, 0) is 10.3 Å². The standard InChI is InChI=1S/C12H15NO2/c1-8-6-7-12(13,11(14)15)10-5-3-2-4-9(8)10/h2-5,8H,6-7,13H2,1H3,(H,14,15). The van der Waals surface area contributed by atoms with Crippen LogP contribution in [0.25, 0.3) is 0 Å². The van der Waals surface area contributed by atoms with E-state index in [0.717, 1.165) is 17.5 Å². The van der Waals surface area contributed by atoms with Crippen LogP contribution in [0.1, 0.15) is 36.8 Å². The summed E-state index contributed by atoms with van der Waals surface area (Å²) in [5, 5.41) is 9.21. The first-order valence-corrected chi connectivity index (χ1v) is 5.17. The Kier molecular flexibility index (Phi) is 2.27. The van der Waals surface area contributed by atoms with E-state index in [-0.39, 0.29) is 0 Å². The second kappa shape index (κ2) is 3.35. The Morgan fingerprint density at radius 3 is 2.87 bits per heavy atom. The average molecular weight is 205 g/mol. The van der Waals surface area contributed by atoms with Gasteiger partial charge in [0.1, 0.15) is 5.54 Å². The Bertz CT molecular complexity index is 402. The van der Waals surface area contributed by atoms with Crippen molar-refractivity contribution in [2.24, 2.45) is 5.73 Å². The highest BCUT2D eigenvalue weighted by atomic mass is 16.4. The zero-order valence-electron chi connectivity index (χ0n) is 8.73. The molecule has 2 unspecified atom stereocenters. The molecule has 0 saturated carbocycles. The molecule has 1 aliphatic rings. The number of carboxylic acid groups (broad SMARTS) is 1. The van der Waals surface area contributed by atoms with Gasteiger partial charge in [-0.3, -0.25) is 0 Å². The molecule has 0 bridgehead atoms. The predicted octanol–water partition coefficient (Wildman–Crippen LogP) is 1.82. The molecule has 0 radical (unpaired) electrons. The van der Waals surface area contributed by atoms with Crippen molar-refractivity contribution < 1.29 is 9.90 Å². The van der Waals surface area contributed by atoms with Gasteiger partial charge in [-0.1, -0.05) is 31.2 Å². The quantitative estimate of drug-likeness (QED) is 0.735. The predicted molar refractivity (Wildman–Crippen MR) is 57.6 cm³/mol. The minimum atomic E-state index is -1.19. The average Bonchev–Trinajstić information content (AvgIpc) is 2.24. The molecule has 1 aromatic carbocycles. The molecule has 0 fully saturated rings. The maximum absolute atomic E-state index is 11.2. The second-order valence-electron chi connectivity index (χ2n) is 4.30. The van der Waals surface area contributed by atoms with Gasteiger partial charge in [0.05, 0.1) is 0 Å². The van der Waals surface area contributed by atoms with E-state index in [2.05, 4.69) is 6.92 Å². The fourth-order valence-corrected chi connectivity index (χ4v) is 2.29. The van der Waals surface area contributed by atoms with Crippen LogP contribution >= 0.6 is 0 Å². The summed E-state index contributed by atoms with van der Waals surface area (Å²) in [7, 11) is 0. The van der Waals surface area contributed by atoms with Crippen molar-refractivity contribution in [1.82, 2.24) is 0 Å². The number of nitrogens with two attached hydrogens (primary N) is 1. The summed E-state index contributed by atoms with van der Waals surface area (Å²) in [5.74, 6) is -0.529. The molecule has 2 rings (SSSR count). The summed E-state index contributed by atoms with van der Waals surface area (Å²) in [6.07, 6.45) is 1.35. The Hall–Kier alpha value is -1.35. The van der Waals surface area contributed by atoms with Gasteiger partial charge in [-0.05, 0) is 29.9 Å². The van der Waals surface area contributed by atoms with E-state index in [9.17, 15) is 9.90 Å². The van der Waals surface area contributed by atoms with Crippen molar-refractivity contribution >= 4 is 5.97 Å². The number of hydrogen-bond donors (Lipinski definition) is 2. The van der Waals surface area contributed by atoms with Crippen molar-refractivity contribution in [2.45, 2.75) is 31.2 Å². The largest absolute Gasteiger partial charge is 0.480 e. The third-order valence-corrected chi connectivity index (χ3v) is 3.33. The first-order chi connectivity index (χ1) is 7.05. The van der Waals surface area contributed by atoms with Crippen molar-refractivity contribution in [2.75, 3.05) is 0 Å². The number of fused-ring (bicyclic) bond motifs is 1. The molecule has 1 aliphatic carbocycles. The highest BCUT2D eigenvalue weighted by Gasteiger charge is 2.41. The third kappa shape index (κ3) is 1.43. The molecule has 3 nitrogen and oxygen atoms in total. The first kappa shape index (κ1) is 10.2. The number of benzene rings is 1. The molecule has 3 N–H and O–H groups in total. The zero-order valence-corrected chi connectivity index (χ0v) is 8.73. The molecule has 0 aromatic heterocycles. The van der Waals surface area contributed by atoms with Crippen LogP contribution in [-0.4, -0.2) is 11.1 Å². The lowest BCUT2D eigenvalue weighted by atomic mass is 9.73. The van der Waals surface area contributed by atoms with Gasteiger partial charge in [-0.2, -0.15) is 0 Å². The summed E-state index contributed by atoms with van der Waals surface area (Å²) in [6, 6.07) is 7.59. The Balaban J connectivity index is 2.58. The minimum Gasteiger partial charge on any atom is -0.480 e. The van der Waals surface area contributed by atoms with Crippen LogP contribution in [0.4, 0.5) is 0 Å². The summed E-state index contributed by atoms with van der Waals surface area (Å²) in [4.78, 5) is 11.2. The Morgan fingerprint density at radius 2 is 2.20 bits per heavy atom. The molecule has 0 saturated heterocycles. The fraction of sp³-hybridized carbons (Fsp3) is 0.417. The number of hydrogen-bond acceptors (Lipinski definition) is 2. The number of aliphatic carboxylic acids is 1. The van der Waals surface area contributed by atoms with E-state index in [4.69, 9.17) is 5.73 Å². The van der Waals surface area contributed by atoms with E-state index in [1.165, 1.54) is 0 Å². The normalized spacial score (nSPS) is 29.6. The zero-order chi connectivity index (χ0) is 11.1. The van der Waals surface area contributed by atoms with E-state index in [0.29, 0.717) is 12.3 Å². The number of rotatable bonds is 1. The van der Waals surface area contributed by atoms with E-state index < -0.39 is 11.5 Å². The van der Waals surface area contributed by atoms with Crippen LogP contribution in [0.5, 0.6) is 0 Å². The van der Waals surface area contributed by atoms with Crippen LogP contribution in [0.3, 0.4) is 0 Å².